The van der Waals surface area contributed by atoms with Gasteiger partial charge in [0.2, 0.25) is 0 Å². The molecule has 138 valence electrons. The Kier molecular flexibility index (Phi) is 8.68. The Bertz CT molecular complexity index is 477. The third-order valence-electron chi connectivity index (χ3n) is 5.32. The third kappa shape index (κ3) is 7.08. The molecule has 0 aliphatic carbocycles. The number of aliphatic hydroxyl groups is 1. The molecule has 1 N–H and O–H groups in total. The monoisotopic (exact) mass is 350 g/mol. The van der Waals surface area contributed by atoms with Gasteiger partial charge in [0.15, 0.2) is 8.32 Å². The Hall–Kier alpha value is -0.643. The minimum atomic E-state index is -1.73. The first-order valence-corrected chi connectivity index (χ1v) is 12.5. The summed E-state index contributed by atoms with van der Waals surface area (Å²) in [6, 6.07) is 8.29. The lowest BCUT2D eigenvalue weighted by molar-refractivity contribution is 0.163. The maximum atomic E-state index is 10.4. The van der Waals surface area contributed by atoms with E-state index in [9.17, 15) is 5.11 Å². The van der Waals surface area contributed by atoms with E-state index in [1.807, 2.05) is 12.1 Å². The first kappa shape index (κ1) is 21.4. The van der Waals surface area contributed by atoms with Crippen molar-refractivity contribution in [3.8, 4) is 0 Å². The summed E-state index contributed by atoms with van der Waals surface area (Å²) in [6.45, 7) is 14.2. The summed E-state index contributed by atoms with van der Waals surface area (Å²) in [5, 5.41) is 10.7. The van der Waals surface area contributed by atoms with Crippen LogP contribution in [-0.4, -0.2) is 13.4 Å². The zero-order valence-corrected chi connectivity index (χ0v) is 17.7. The molecule has 0 amide bonds. The van der Waals surface area contributed by atoms with Crippen molar-refractivity contribution in [2.45, 2.75) is 97.1 Å². The standard InChI is InChI=1S/C21H38O2Si/c1-7-8-9-10-11-15-20(22)19-14-12-13-18(16-19)17-23-24(5,6)21(2,3)4/h12-14,16,20,22H,7-11,15,17H2,1-6H3/t20-/m0/s1. The van der Waals surface area contributed by atoms with Crippen molar-refractivity contribution < 1.29 is 9.53 Å². The minimum Gasteiger partial charge on any atom is -0.413 e. The second-order valence-electron chi connectivity index (χ2n) is 8.51. The average Bonchev–Trinajstić information content (AvgIpc) is 2.52. The molecule has 24 heavy (non-hydrogen) atoms. The van der Waals surface area contributed by atoms with Gasteiger partial charge in [-0.1, -0.05) is 84.1 Å². The van der Waals surface area contributed by atoms with Crippen molar-refractivity contribution in [2.75, 3.05) is 0 Å². The van der Waals surface area contributed by atoms with Crippen LogP contribution >= 0.6 is 0 Å². The molecule has 0 spiro atoms. The number of rotatable bonds is 10. The van der Waals surface area contributed by atoms with Gasteiger partial charge in [0, 0.05) is 0 Å². The molecule has 1 aromatic carbocycles. The molecule has 1 atom stereocenters. The van der Waals surface area contributed by atoms with Crippen molar-refractivity contribution >= 4 is 8.32 Å². The molecule has 0 aliphatic heterocycles. The molecule has 2 nitrogen and oxygen atoms in total. The van der Waals surface area contributed by atoms with Crippen LogP contribution in [0.1, 0.15) is 83.5 Å². The largest absolute Gasteiger partial charge is 0.413 e. The van der Waals surface area contributed by atoms with Crippen LogP contribution in [0, 0.1) is 0 Å². The van der Waals surface area contributed by atoms with E-state index in [1.54, 1.807) is 0 Å². The predicted molar refractivity (Wildman–Crippen MR) is 107 cm³/mol. The lowest BCUT2D eigenvalue weighted by Gasteiger charge is -2.36. The molecule has 0 aromatic heterocycles. The molecular formula is C21H38O2Si. The molecule has 0 saturated carbocycles. The SMILES string of the molecule is CCCCCCC[C@H](O)c1cccc(CO[Si](C)(C)C(C)(C)C)c1. The zero-order chi connectivity index (χ0) is 18.2. The second kappa shape index (κ2) is 9.74. The van der Waals surface area contributed by atoms with Crippen molar-refractivity contribution in [3.05, 3.63) is 35.4 Å². The van der Waals surface area contributed by atoms with Crippen LogP contribution < -0.4 is 0 Å². The van der Waals surface area contributed by atoms with E-state index in [0.29, 0.717) is 6.61 Å². The van der Waals surface area contributed by atoms with Gasteiger partial charge >= 0.3 is 0 Å². The summed E-state index contributed by atoms with van der Waals surface area (Å²) in [5.74, 6) is 0. The smallest absolute Gasteiger partial charge is 0.192 e. The van der Waals surface area contributed by atoms with Crippen LogP contribution in [0.15, 0.2) is 24.3 Å². The molecular weight excluding hydrogens is 312 g/mol. The van der Waals surface area contributed by atoms with Gasteiger partial charge in [0.25, 0.3) is 0 Å². The molecule has 1 aromatic rings. The van der Waals surface area contributed by atoms with Gasteiger partial charge in [-0.25, -0.2) is 0 Å². The topological polar surface area (TPSA) is 29.5 Å². The fourth-order valence-corrected chi connectivity index (χ4v) is 3.44. The van der Waals surface area contributed by atoms with Crippen LogP contribution in [0.2, 0.25) is 18.1 Å². The molecule has 1 rings (SSSR count). The number of hydrogen-bond donors (Lipinski definition) is 1. The number of unbranched alkanes of at least 4 members (excludes halogenated alkanes) is 4. The van der Waals surface area contributed by atoms with Crippen LogP contribution in [-0.2, 0) is 11.0 Å². The molecule has 0 fully saturated rings. The summed E-state index contributed by atoms with van der Waals surface area (Å²) < 4.78 is 6.30. The van der Waals surface area contributed by atoms with Crippen LogP contribution in [0.4, 0.5) is 0 Å². The molecule has 0 radical (unpaired) electrons. The van der Waals surface area contributed by atoms with Gasteiger partial charge < -0.3 is 9.53 Å². The Balaban J connectivity index is 2.54. The van der Waals surface area contributed by atoms with E-state index in [1.165, 1.54) is 31.2 Å². The van der Waals surface area contributed by atoms with Crippen molar-refractivity contribution in [1.29, 1.82) is 0 Å². The van der Waals surface area contributed by atoms with Crippen LogP contribution in [0.5, 0.6) is 0 Å². The summed E-state index contributed by atoms with van der Waals surface area (Å²) in [6.07, 6.45) is 6.68. The van der Waals surface area contributed by atoms with Gasteiger partial charge in [-0.15, -0.1) is 0 Å². The normalized spacial score (nSPS) is 14.0. The fourth-order valence-electron chi connectivity index (χ4n) is 2.48. The van der Waals surface area contributed by atoms with E-state index < -0.39 is 8.32 Å². The van der Waals surface area contributed by atoms with Crippen LogP contribution in [0.25, 0.3) is 0 Å². The first-order chi connectivity index (χ1) is 11.2. The average molecular weight is 351 g/mol. The van der Waals surface area contributed by atoms with Gasteiger partial charge in [-0.2, -0.15) is 0 Å². The molecule has 0 aliphatic rings. The first-order valence-electron chi connectivity index (χ1n) is 9.58. The number of aliphatic hydroxyl groups excluding tert-OH is 1. The van der Waals surface area contributed by atoms with Gasteiger partial charge in [0.1, 0.15) is 0 Å². The highest BCUT2D eigenvalue weighted by Gasteiger charge is 2.37. The van der Waals surface area contributed by atoms with E-state index in [0.717, 1.165) is 18.4 Å². The van der Waals surface area contributed by atoms with Crippen molar-refractivity contribution in [1.82, 2.24) is 0 Å². The Morgan fingerprint density at radius 2 is 1.75 bits per heavy atom. The van der Waals surface area contributed by atoms with E-state index in [-0.39, 0.29) is 11.1 Å². The molecule has 3 heteroatoms. The number of benzene rings is 1. The van der Waals surface area contributed by atoms with Crippen LogP contribution in [0.3, 0.4) is 0 Å². The van der Waals surface area contributed by atoms with Gasteiger partial charge in [-0.05, 0) is 35.7 Å². The summed E-state index contributed by atoms with van der Waals surface area (Å²) in [5.41, 5.74) is 2.20. The van der Waals surface area contributed by atoms with Crippen molar-refractivity contribution in [2.24, 2.45) is 0 Å². The van der Waals surface area contributed by atoms with E-state index in [4.69, 9.17) is 4.43 Å². The quantitative estimate of drug-likeness (QED) is 0.380. The lowest BCUT2D eigenvalue weighted by atomic mass is 10.0. The maximum absolute atomic E-state index is 10.4. The summed E-state index contributed by atoms with van der Waals surface area (Å²) >= 11 is 0. The van der Waals surface area contributed by atoms with E-state index in [2.05, 4.69) is 52.9 Å². The second-order valence-corrected chi connectivity index (χ2v) is 13.3. The Labute approximate surface area is 150 Å². The Morgan fingerprint density at radius 1 is 1.08 bits per heavy atom. The van der Waals surface area contributed by atoms with Gasteiger partial charge in [-0.3, -0.25) is 0 Å². The molecule has 0 bridgehead atoms. The minimum absolute atomic E-state index is 0.225. The Morgan fingerprint density at radius 3 is 2.38 bits per heavy atom. The predicted octanol–water partition coefficient (Wildman–Crippen LogP) is 6.60. The highest BCUT2D eigenvalue weighted by Crippen LogP contribution is 2.37. The van der Waals surface area contributed by atoms with Crippen molar-refractivity contribution in [3.63, 3.8) is 0 Å². The zero-order valence-electron chi connectivity index (χ0n) is 16.7. The highest BCUT2D eigenvalue weighted by atomic mass is 28.4. The molecule has 0 saturated heterocycles. The summed E-state index contributed by atoms with van der Waals surface area (Å²) in [7, 11) is -1.73. The van der Waals surface area contributed by atoms with Gasteiger partial charge in [0.05, 0.1) is 12.7 Å². The maximum Gasteiger partial charge on any atom is 0.192 e. The highest BCUT2D eigenvalue weighted by molar-refractivity contribution is 6.74. The lowest BCUT2D eigenvalue weighted by Crippen LogP contribution is -2.40. The number of hydrogen-bond acceptors (Lipinski definition) is 2. The molecule has 0 unspecified atom stereocenters. The van der Waals surface area contributed by atoms with E-state index >= 15 is 0 Å². The molecule has 0 heterocycles. The summed E-state index contributed by atoms with van der Waals surface area (Å²) in [4.78, 5) is 0. The third-order valence-corrected chi connectivity index (χ3v) is 9.80. The fraction of sp³-hybridized carbons (Fsp3) is 0.714.